The molecule has 1 atom stereocenters. The monoisotopic (exact) mass is 166 g/mol. The summed E-state index contributed by atoms with van der Waals surface area (Å²) in [4.78, 5) is 0. The number of nitriles is 1. The van der Waals surface area contributed by atoms with Gasteiger partial charge in [-0.15, -0.1) is 0 Å². The fraction of sp³-hybridized carbons (Fsp3) is 0.900. The molecule has 2 heteroatoms. The van der Waals surface area contributed by atoms with Crippen LogP contribution >= 0.6 is 0 Å². The third kappa shape index (κ3) is 4.35. The third-order valence-electron chi connectivity index (χ3n) is 2.33. The minimum Gasteiger partial charge on any atom is -0.315 e. The van der Waals surface area contributed by atoms with Crippen LogP contribution in [0.3, 0.4) is 0 Å². The lowest BCUT2D eigenvalue weighted by Crippen LogP contribution is -2.21. The molecule has 68 valence electrons. The van der Waals surface area contributed by atoms with Gasteiger partial charge in [0.05, 0.1) is 12.0 Å². The lowest BCUT2D eigenvalue weighted by Gasteiger charge is -2.04. The van der Waals surface area contributed by atoms with Crippen molar-refractivity contribution >= 4 is 0 Å². The van der Waals surface area contributed by atoms with Gasteiger partial charge in [0.2, 0.25) is 0 Å². The van der Waals surface area contributed by atoms with Crippen molar-refractivity contribution in [1.82, 2.24) is 5.32 Å². The minimum absolute atomic E-state index is 0.158. The molecule has 1 saturated carbocycles. The molecule has 1 aliphatic rings. The van der Waals surface area contributed by atoms with Gasteiger partial charge in [-0.1, -0.05) is 12.8 Å². The van der Waals surface area contributed by atoms with Crippen molar-refractivity contribution in [3.63, 3.8) is 0 Å². The summed E-state index contributed by atoms with van der Waals surface area (Å²) in [6.45, 7) is 3.89. The molecule has 0 spiro atoms. The predicted octanol–water partition coefficient (Wildman–Crippen LogP) is 1.93. The van der Waals surface area contributed by atoms with Crippen molar-refractivity contribution in [2.24, 2.45) is 11.8 Å². The number of nitrogens with zero attached hydrogens (tertiary/aromatic N) is 1. The van der Waals surface area contributed by atoms with Crippen LogP contribution in [0.2, 0.25) is 0 Å². The first-order chi connectivity index (χ1) is 5.83. The van der Waals surface area contributed by atoms with E-state index >= 15 is 0 Å². The summed E-state index contributed by atoms with van der Waals surface area (Å²) in [5.74, 6) is 1.20. The molecule has 0 heterocycles. The zero-order valence-electron chi connectivity index (χ0n) is 7.84. The molecule has 12 heavy (non-hydrogen) atoms. The van der Waals surface area contributed by atoms with Gasteiger partial charge in [0.15, 0.2) is 0 Å². The highest BCUT2D eigenvalue weighted by Gasteiger charge is 2.19. The van der Waals surface area contributed by atoms with E-state index < -0.39 is 0 Å². The van der Waals surface area contributed by atoms with Crippen molar-refractivity contribution in [2.75, 3.05) is 13.1 Å². The molecule has 1 aliphatic carbocycles. The van der Waals surface area contributed by atoms with Crippen LogP contribution in [0.25, 0.3) is 0 Å². The van der Waals surface area contributed by atoms with Crippen molar-refractivity contribution < 1.29 is 0 Å². The van der Waals surface area contributed by atoms with E-state index in [9.17, 15) is 0 Å². The van der Waals surface area contributed by atoms with Crippen molar-refractivity contribution in [3.05, 3.63) is 0 Å². The first kappa shape index (κ1) is 9.54. The van der Waals surface area contributed by atoms with E-state index in [1.54, 1.807) is 0 Å². The molecule has 1 unspecified atom stereocenters. The van der Waals surface area contributed by atoms with E-state index in [4.69, 9.17) is 5.26 Å². The Morgan fingerprint density at radius 3 is 2.92 bits per heavy atom. The number of hydrogen-bond acceptors (Lipinski definition) is 2. The Bertz CT molecular complexity index is 156. The average Bonchev–Trinajstić information content (AvgIpc) is 2.87. The van der Waals surface area contributed by atoms with Crippen molar-refractivity contribution in [1.29, 1.82) is 5.26 Å². The maximum atomic E-state index is 8.50. The Labute approximate surface area is 75.0 Å². The predicted molar refractivity (Wildman–Crippen MR) is 49.6 cm³/mol. The van der Waals surface area contributed by atoms with Gasteiger partial charge in [-0.25, -0.2) is 0 Å². The molecule has 2 nitrogen and oxygen atoms in total. The van der Waals surface area contributed by atoms with E-state index in [0.717, 1.165) is 19.0 Å². The smallest absolute Gasteiger partial charge is 0.0666 e. The van der Waals surface area contributed by atoms with Gasteiger partial charge in [0.1, 0.15) is 0 Å². The summed E-state index contributed by atoms with van der Waals surface area (Å²) in [6, 6.07) is 2.21. The Kier molecular flexibility index (Phi) is 4.10. The van der Waals surface area contributed by atoms with Crippen LogP contribution in [0.4, 0.5) is 0 Å². The second-order valence-corrected chi connectivity index (χ2v) is 3.82. The summed E-state index contributed by atoms with van der Waals surface area (Å²) < 4.78 is 0. The fourth-order valence-electron chi connectivity index (χ4n) is 1.29. The van der Waals surface area contributed by atoms with Gasteiger partial charge < -0.3 is 5.32 Å². The molecule has 0 aromatic carbocycles. The first-order valence-electron chi connectivity index (χ1n) is 4.93. The summed E-state index contributed by atoms with van der Waals surface area (Å²) in [5.41, 5.74) is 0. The normalized spacial score (nSPS) is 18.7. The molecular formula is C10H18N2. The van der Waals surface area contributed by atoms with Crippen LogP contribution in [-0.4, -0.2) is 13.1 Å². The van der Waals surface area contributed by atoms with Gasteiger partial charge >= 0.3 is 0 Å². The number of nitrogens with one attached hydrogen (secondary N) is 1. The average molecular weight is 166 g/mol. The Hall–Kier alpha value is -0.550. The Balaban J connectivity index is 1.79. The molecule has 1 N–H and O–H groups in total. The molecule has 0 radical (unpaired) electrons. The molecular weight excluding hydrogens is 148 g/mol. The highest BCUT2D eigenvalue weighted by molar-refractivity contribution is 4.80. The van der Waals surface area contributed by atoms with Crippen LogP contribution in [0, 0.1) is 23.2 Å². The molecule has 1 rings (SSSR count). The maximum absolute atomic E-state index is 8.50. The lowest BCUT2D eigenvalue weighted by atomic mass is 10.2. The molecule has 0 bridgehead atoms. The van der Waals surface area contributed by atoms with Gasteiger partial charge in [0.25, 0.3) is 0 Å². The van der Waals surface area contributed by atoms with E-state index in [2.05, 4.69) is 11.4 Å². The van der Waals surface area contributed by atoms with Gasteiger partial charge in [-0.2, -0.15) is 5.26 Å². The summed E-state index contributed by atoms with van der Waals surface area (Å²) in [7, 11) is 0. The zero-order valence-corrected chi connectivity index (χ0v) is 7.84. The van der Waals surface area contributed by atoms with Crippen molar-refractivity contribution in [2.45, 2.75) is 32.6 Å². The molecule has 0 aromatic rings. The van der Waals surface area contributed by atoms with Crippen LogP contribution in [-0.2, 0) is 0 Å². The fourth-order valence-corrected chi connectivity index (χ4v) is 1.29. The Morgan fingerprint density at radius 1 is 1.58 bits per heavy atom. The van der Waals surface area contributed by atoms with E-state index in [-0.39, 0.29) is 5.92 Å². The van der Waals surface area contributed by atoms with E-state index in [1.165, 1.54) is 25.7 Å². The highest BCUT2D eigenvalue weighted by atomic mass is 14.8. The zero-order chi connectivity index (χ0) is 8.81. The largest absolute Gasteiger partial charge is 0.315 e. The topological polar surface area (TPSA) is 35.8 Å². The second-order valence-electron chi connectivity index (χ2n) is 3.82. The van der Waals surface area contributed by atoms with Crippen LogP contribution in [0.15, 0.2) is 0 Å². The molecule has 0 saturated heterocycles. The van der Waals surface area contributed by atoms with Gasteiger partial charge in [0, 0.05) is 6.54 Å². The Morgan fingerprint density at radius 2 is 2.33 bits per heavy atom. The van der Waals surface area contributed by atoms with E-state index in [1.807, 2.05) is 6.92 Å². The molecule has 1 fully saturated rings. The molecule has 0 aromatic heterocycles. The number of hydrogen-bond donors (Lipinski definition) is 1. The summed E-state index contributed by atoms with van der Waals surface area (Å²) in [6.07, 6.45) is 5.57. The third-order valence-corrected chi connectivity index (χ3v) is 2.33. The van der Waals surface area contributed by atoms with Crippen molar-refractivity contribution in [3.8, 4) is 6.07 Å². The van der Waals surface area contributed by atoms with Crippen LogP contribution in [0.1, 0.15) is 32.6 Å². The first-order valence-corrected chi connectivity index (χ1v) is 4.93. The van der Waals surface area contributed by atoms with E-state index in [0.29, 0.717) is 0 Å². The van der Waals surface area contributed by atoms with Crippen LogP contribution < -0.4 is 5.32 Å². The SMILES string of the molecule is CC(C#N)CNCCCC1CC1. The molecule has 0 aliphatic heterocycles. The highest BCUT2D eigenvalue weighted by Crippen LogP contribution is 2.33. The summed E-state index contributed by atoms with van der Waals surface area (Å²) >= 11 is 0. The number of rotatable bonds is 6. The quantitative estimate of drug-likeness (QED) is 0.612. The van der Waals surface area contributed by atoms with Gasteiger partial charge in [-0.05, 0) is 32.2 Å². The lowest BCUT2D eigenvalue weighted by molar-refractivity contribution is 0.557. The second kappa shape index (κ2) is 5.16. The standard InChI is InChI=1S/C10H18N2/c1-9(7-11)8-12-6-2-3-10-4-5-10/h9-10,12H,2-6,8H2,1H3. The molecule has 0 amide bonds. The minimum atomic E-state index is 0.158. The van der Waals surface area contributed by atoms with Crippen LogP contribution in [0.5, 0.6) is 0 Å². The van der Waals surface area contributed by atoms with Gasteiger partial charge in [-0.3, -0.25) is 0 Å². The maximum Gasteiger partial charge on any atom is 0.0666 e. The summed E-state index contributed by atoms with van der Waals surface area (Å²) in [5, 5.41) is 11.8.